The van der Waals surface area contributed by atoms with Crippen LogP contribution in [0.2, 0.25) is 0 Å². The Hall–Kier alpha value is -2.96. The van der Waals surface area contributed by atoms with E-state index in [9.17, 15) is 9.18 Å². The van der Waals surface area contributed by atoms with E-state index in [-0.39, 0.29) is 11.8 Å². The average molecular weight is 399 g/mol. The first kappa shape index (κ1) is 20.8. The fraction of sp³-hybridized carbons (Fsp3) is 0.409. The van der Waals surface area contributed by atoms with E-state index in [0.717, 1.165) is 37.6 Å². The predicted octanol–water partition coefficient (Wildman–Crippen LogP) is 5.40. The van der Waals surface area contributed by atoms with Crippen molar-refractivity contribution >= 4 is 28.9 Å². The minimum Gasteiger partial charge on any atom is -0.466 e. The number of benzene rings is 1. The molecule has 2 heterocycles. The molecule has 0 fully saturated rings. The second kappa shape index (κ2) is 10.5. The summed E-state index contributed by atoms with van der Waals surface area (Å²) in [5.41, 5.74) is 1.47. The SMILES string of the molecule is CCOC(=O)CCCCCCCN(c1ccc(F)cn1)c1nc2ccccc2o1. The van der Waals surface area contributed by atoms with E-state index in [1.165, 1.54) is 12.3 Å². The fourth-order valence-corrected chi connectivity index (χ4v) is 3.11. The van der Waals surface area contributed by atoms with Crippen molar-refractivity contribution in [3.05, 3.63) is 48.4 Å². The van der Waals surface area contributed by atoms with Gasteiger partial charge in [-0.05, 0) is 44.0 Å². The van der Waals surface area contributed by atoms with Crippen LogP contribution in [0.1, 0.15) is 45.4 Å². The Balaban J connectivity index is 1.56. The summed E-state index contributed by atoms with van der Waals surface area (Å²) in [7, 11) is 0. The standard InChI is InChI=1S/C22H26FN3O3/c1-2-28-21(27)12-6-4-3-5-9-15-26(20-14-13-17(23)16-24-20)22-25-18-10-7-8-11-19(18)29-22/h7-8,10-11,13-14,16H,2-6,9,12,15H2,1H3. The third kappa shape index (κ3) is 6.01. The third-order valence-corrected chi connectivity index (χ3v) is 4.57. The van der Waals surface area contributed by atoms with Crippen LogP contribution in [0, 0.1) is 5.82 Å². The number of nitrogens with zero attached hydrogens (tertiary/aromatic N) is 3. The molecular weight excluding hydrogens is 373 g/mol. The molecule has 1 aromatic carbocycles. The molecule has 0 aliphatic heterocycles. The molecule has 0 amide bonds. The maximum atomic E-state index is 13.3. The summed E-state index contributed by atoms with van der Waals surface area (Å²) in [6.07, 6.45) is 6.42. The van der Waals surface area contributed by atoms with E-state index in [4.69, 9.17) is 9.15 Å². The lowest BCUT2D eigenvalue weighted by Gasteiger charge is -2.19. The van der Waals surface area contributed by atoms with Gasteiger partial charge in [-0.3, -0.25) is 9.69 Å². The van der Waals surface area contributed by atoms with Crippen LogP contribution in [-0.4, -0.2) is 29.1 Å². The molecule has 0 bridgehead atoms. The molecule has 0 unspecified atom stereocenters. The van der Waals surface area contributed by atoms with Crippen molar-refractivity contribution in [2.75, 3.05) is 18.1 Å². The number of aromatic nitrogens is 2. The van der Waals surface area contributed by atoms with Gasteiger partial charge in [0.15, 0.2) is 5.58 Å². The van der Waals surface area contributed by atoms with Gasteiger partial charge in [0, 0.05) is 13.0 Å². The van der Waals surface area contributed by atoms with Gasteiger partial charge < -0.3 is 9.15 Å². The zero-order valence-corrected chi connectivity index (χ0v) is 16.6. The summed E-state index contributed by atoms with van der Waals surface area (Å²) in [5, 5.41) is 0. The Bertz CT molecular complexity index is 878. The Kier molecular flexibility index (Phi) is 7.55. The molecule has 0 saturated heterocycles. The number of pyridine rings is 1. The topological polar surface area (TPSA) is 68.5 Å². The lowest BCUT2D eigenvalue weighted by molar-refractivity contribution is -0.143. The summed E-state index contributed by atoms with van der Waals surface area (Å²) >= 11 is 0. The fourth-order valence-electron chi connectivity index (χ4n) is 3.11. The van der Waals surface area contributed by atoms with Gasteiger partial charge >= 0.3 is 12.0 Å². The molecule has 0 N–H and O–H groups in total. The van der Waals surface area contributed by atoms with Gasteiger partial charge in [-0.2, -0.15) is 4.98 Å². The predicted molar refractivity (Wildman–Crippen MR) is 110 cm³/mol. The van der Waals surface area contributed by atoms with Gasteiger partial charge in [0.25, 0.3) is 0 Å². The van der Waals surface area contributed by atoms with Gasteiger partial charge in [0.05, 0.1) is 12.8 Å². The summed E-state index contributed by atoms with van der Waals surface area (Å²) in [5.74, 6) is 0.0881. The smallest absolute Gasteiger partial charge is 0.305 e. The highest BCUT2D eigenvalue weighted by atomic mass is 19.1. The number of carbonyl (C=O) groups excluding carboxylic acids is 1. The number of fused-ring (bicyclic) bond motifs is 1. The monoisotopic (exact) mass is 399 g/mol. The highest BCUT2D eigenvalue weighted by Crippen LogP contribution is 2.27. The molecule has 29 heavy (non-hydrogen) atoms. The maximum Gasteiger partial charge on any atom is 0.305 e. The van der Waals surface area contributed by atoms with Crippen molar-refractivity contribution in [2.24, 2.45) is 0 Å². The zero-order chi connectivity index (χ0) is 20.5. The summed E-state index contributed by atoms with van der Waals surface area (Å²) in [6, 6.07) is 11.0. The first-order valence-corrected chi connectivity index (χ1v) is 10.1. The summed E-state index contributed by atoms with van der Waals surface area (Å²) in [6.45, 7) is 2.90. The molecule has 6 nitrogen and oxygen atoms in total. The van der Waals surface area contributed by atoms with Crippen LogP contribution in [0.3, 0.4) is 0 Å². The number of hydrogen-bond donors (Lipinski definition) is 0. The zero-order valence-electron chi connectivity index (χ0n) is 16.6. The molecule has 0 atom stereocenters. The van der Waals surface area contributed by atoms with Crippen LogP contribution in [-0.2, 0) is 9.53 Å². The quantitative estimate of drug-likeness (QED) is 0.317. The number of carbonyl (C=O) groups is 1. The van der Waals surface area contributed by atoms with E-state index >= 15 is 0 Å². The van der Waals surface area contributed by atoms with Gasteiger partial charge in [0.2, 0.25) is 0 Å². The molecule has 3 aromatic rings. The summed E-state index contributed by atoms with van der Waals surface area (Å²) in [4.78, 5) is 22.0. The number of anilines is 2. The van der Waals surface area contributed by atoms with Gasteiger partial charge in [-0.25, -0.2) is 9.37 Å². The summed E-state index contributed by atoms with van der Waals surface area (Å²) < 4.78 is 24.1. The lowest BCUT2D eigenvalue weighted by atomic mass is 10.1. The maximum absolute atomic E-state index is 13.3. The van der Waals surface area contributed by atoms with Crippen LogP contribution in [0.15, 0.2) is 47.0 Å². The van der Waals surface area contributed by atoms with Crippen molar-refractivity contribution in [1.29, 1.82) is 0 Å². The molecule has 0 radical (unpaired) electrons. The minimum atomic E-state index is -0.382. The van der Waals surface area contributed by atoms with Crippen LogP contribution >= 0.6 is 0 Å². The first-order valence-electron chi connectivity index (χ1n) is 10.1. The number of halogens is 1. The Morgan fingerprint density at radius 1 is 1.10 bits per heavy atom. The third-order valence-electron chi connectivity index (χ3n) is 4.57. The second-order valence-corrected chi connectivity index (χ2v) is 6.77. The van der Waals surface area contributed by atoms with E-state index < -0.39 is 0 Å². The number of para-hydroxylation sites is 2. The molecule has 0 aliphatic carbocycles. The van der Waals surface area contributed by atoms with Gasteiger partial charge in [-0.1, -0.05) is 31.4 Å². The molecule has 154 valence electrons. The molecule has 2 aromatic heterocycles. The highest BCUT2D eigenvalue weighted by Gasteiger charge is 2.17. The Labute approximate surface area is 169 Å². The highest BCUT2D eigenvalue weighted by molar-refractivity contribution is 5.75. The number of ether oxygens (including phenoxy) is 1. The number of rotatable bonds is 11. The number of esters is 1. The lowest BCUT2D eigenvalue weighted by Crippen LogP contribution is -2.20. The van der Waals surface area contributed by atoms with Gasteiger partial charge in [0.1, 0.15) is 17.2 Å². The van der Waals surface area contributed by atoms with E-state index in [1.807, 2.05) is 36.1 Å². The van der Waals surface area contributed by atoms with Crippen molar-refractivity contribution in [3.8, 4) is 0 Å². The number of oxazole rings is 1. The van der Waals surface area contributed by atoms with Crippen molar-refractivity contribution in [1.82, 2.24) is 9.97 Å². The molecule has 3 rings (SSSR count). The molecule has 0 saturated carbocycles. The van der Waals surface area contributed by atoms with E-state index in [2.05, 4.69) is 9.97 Å². The molecular formula is C22H26FN3O3. The van der Waals surface area contributed by atoms with Gasteiger partial charge in [-0.15, -0.1) is 0 Å². The average Bonchev–Trinajstić information content (AvgIpc) is 3.15. The normalized spacial score (nSPS) is 11.0. The first-order chi connectivity index (χ1) is 14.2. The number of hydrogen-bond acceptors (Lipinski definition) is 6. The Morgan fingerprint density at radius 2 is 1.90 bits per heavy atom. The second-order valence-electron chi connectivity index (χ2n) is 6.77. The van der Waals surface area contributed by atoms with Crippen LogP contribution in [0.5, 0.6) is 0 Å². The van der Waals surface area contributed by atoms with Crippen LogP contribution < -0.4 is 4.90 Å². The van der Waals surface area contributed by atoms with E-state index in [0.29, 0.717) is 37.0 Å². The van der Waals surface area contributed by atoms with Crippen LogP contribution in [0.4, 0.5) is 16.2 Å². The molecule has 0 aliphatic rings. The van der Waals surface area contributed by atoms with Crippen molar-refractivity contribution in [3.63, 3.8) is 0 Å². The van der Waals surface area contributed by atoms with Crippen LogP contribution in [0.25, 0.3) is 11.1 Å². The largest absolute Gasteiger partial charge is 0.466 e. The number of unbranched alkanes of at least 4 members (excludes halogenated alkanes) is 4. The van der Waals surface area contributed by atoms with Crippen molar-refractivity contribution < 1.29 is 18.3 Å². The minimum absolute atomic E-state index is 0.128. The Morgan fingerprint density at radius 3 is 2.66 bits per heavy atom. The van der Waals surface area contributed by atoms with E-state index in [1.54, 1.807) is 6.07 Å². The molecule has 0 spiro atoms. The van der Waals surface area contributed by atoms with Crippen molar-refractivity contribution in [2.45, 2.75) is 45.4 Å². The molecule has 7 heteroatoms.